The third kappa shape index (κ3) is 2.16. The SMILES string of the molecule is O=C1C[C@H](c2ccc(Cl)cc2)c2ccc3ccccc3c2N1. The fourth-order valence-corrected chi connectivity index (χ4v) is 3.32. The summed E-state index contributed by atoms with van der Waals surface area (Å²) < 4.78 is 0. The molecule has 0 bridgehead atoms. The number of halogens is 1. The van der Waals surface area contributed by atoms with Crippen LogP contribution in [0.15, 0.2) is 60.7 Å². The van der Waals surface area contributed by atoms with Gasteiger partial charge in [-0.05, 0) is 28.6 Å². The van der Waals surface area contributed by atoms with E-state index in [1.807, 2.05) is 36.4 Å². The summed E-state index contributed by atoms with van der Waals surface area (Å²) in [5.74, 6) is 0.134. The van der Waals surface area contributed by atoms with Gasteiger partial charge in [-0.2, -0.15) is 0 Å². The topological polar surface area (TPSA) is 29.1 Å². The van der Waals surface area contributed by atoms with Crippen LogP contribution in [-0.4, -0.2) is 5.91 Å². The van der Waals surface area contributed by atoms with Crippen molar-refractivity contribution >= 4 is 34.0 Å². The van der Waals surface area contributed by atoms with Crippen LogP contribution in [0, 0.1) is 0 Å². The van der Waals surface area contributed by atoms with Crippen molar-refractivity contribution in [2.24, 2.45) is 0 Å². The van der Waals surface area contributed by atoms with Crippen LogP contribution in [0.25, 0.3) is 10.8 Å². The van der Waals surface area contributed by atoms with Gasteiger partial charge in [0.25, 0.3) is 0 Å². The van der Waals surface area contributed by atoms with Crippen molar-refractivity contribution in [3.05, 3.63) is 76.8 Å². The van der Waals surface area contributed by atoms with E-state index in [0.717, 1.165) is 22.0 Å². The number of carbonyl (C=O) groups excluding carboxylic acids is 1. The fraction of sp³-hybridized carbons (Fsp3) is 0.105. The molecule has 1 atom stereocenters. The van der Waals surface area contributed by atoms with Crippen LogP contribution in [-0.2, 0) is 4.79 Å². The molecule has 3 heteroatoms. The van der Waals surface area contributed by atoms with Crippen LogP contribution in [0.5, 0.6) is 0 Å². The zero-order chi connectivity index (χ0) is 15.1. The van der Waals surface area contributed by atoms with Gasteiger partial charge in [-0.15, -0.1) is 0 Å². The first-order valence-electron chi connectivity index (χ1n) is 7.29. The van der Waals surface area contributed by atoms with Crippen LogP contribution in [0.4, 0.5) is 5.69 Å². The van der Waals surface area contributed by atoms with Crippen LogP contribution in [0.2, 0.25) is 5.02 Å². The summed E-state index contributed by atoms with van der Waals surface area (Å²) >= 11 is 5.98. The normalized spacial score (nSPS) is 17.1. The maximum absolute atomic E-state index is 12.2. The highest BCUT2D eigenvalue weighted by Gasteiger charge is 2.27. The molecule has 1 amide bonds. The largest absolute Gasteiger partial charge is 0.325 e. The molecule has 1 N–H and O–H groups in total. The quantitative estimate of drug-likeness (QED) is 0.676. The average molecular weight is 308 g/mol. The Morgan fingerprint density at radius 1 is 0.955 bits per heavy atom. The molecule has 22 heavy (non-hydrogen) atoms. The zero-order valence-corrected chi connectivity index (χ0v) is 12.6. The average Bonchev–Trinajstić information content (AvgIpc) is 2.55. The fourth-order valence-electron chi connectivity index (χ4n) is 3.20. The van der Waals surface area contributed by atoms with E-state index in [0.29, 0.717) is 11.4 Å². The number of nitrogens with one attached hydrogen (secondary N) is 1. The second kappa shape index (κ2) is 5.15. The van der Waals surface area contributed by atoms with Crippen molar-refractivity contribution in [2.45, 2.75) is 12.3 Å². The van der Waals surface area contributed by atoms with Gasteiger partial charge in [-0.3, -0.25) is 4.79 Å². The molecule has 0 saturated heterocycles. The number of carbonyl (C=O) groups is 1. The second-order valence-corrected chi connectivity index (χ2v) is 6.04. The highest BCUT2D eigenvalue weighted by Crippen LogP contribution is 2.40. The van der Waals surface area contributed by atoms with Gasteiger partial charge in [-0.25, -0.2) is 0 Å². The molecular formula is C19H14ClNO. The van der Waals surface area contributed by atoms with E-state index in [2.05, 4.69) is 29.6 Å². The molecular weight excluding hydrogens is 294 g/mol. The van der Waals surface area contributed by atoms with E-state index in [9.17, 15) is 4.79 Å². The molecule has 0 aliphatic carbocycles. The Balaban J connectivity index is 1.92. The smallest absolute Gasteiger partial charge is 0.225 e. The van der Waals surface area contributed by atoms with Crippen molar-refractivity contribution in [2.75, 3.05) is 5.32 Å². The summed E-state index contributed by atoms with van der Waals surface area (Å²) in [4.78, 5) is 12.2. The van der Waals surface area contributed by atoms with Crippen LogP contribution in [0.3, 0.4) is 0 Å². The minimum atomic E-state index is 0.0591. The molecule has 0 aromatic heterocycles. The summed E-state index contributed by atoms with van der Waals surface area (Å²) in [7, 11) is 0. The summed E-state index contributed by atoms with van der Waals surface area (Å²) in [6.07, 6.45) is 0.465. The number of amides is 1. The molecule has 1 heterocycles. The second-order valence-electron chi connectivity index (χ2n) is 5.61. The van der Waals surface area contributed by atoms with Gasteiger partial charge in [-0.1, -0.05) is 60.1 Å². The molecule has 0 spiro atoms. The first kappa shape index (κ1) is 13.4. The first-order valence-corrected chi connectivity index (χ1v) is 7.67. The molecule has 2 nitrogen and oxygen atoms in total. The molecule has 0 radical (unpaired) electrons. The summed E-state index contributed by atoms with van der Waals surface area (Å²) in [6.45, 7) is 0. The summed E-state index contributed by atoms with van der Waals surface area (Å²) in [5, 5.41) is 5.99. The van der Waals surface area contributed by atoms with Gasteiger partial charge in [0.15, 0.2) is 0 Å². The van der Waals surface area contributed by atoms with Gasteiger partial charge in [0.05, 0.1) is 5.69 Å². The van der Waals surface area contributed by atoms with Gasteiger partial charge < -0.3 is 5.32 Å². The Hall–Kier alpha value is -2.32. The van der Waals surface area contributed by atoms with E-state index in [-0.39, 0.29) is 11.8 Å². The molecule has 0 fully saturated rings. The highest BCUT2D eigenvalue weighted by atomic mass is 35.5. The minimum absolute atomic E-state index is 0.0591. The van der Waals surface area contributed by atoms with Crippen molar-refractivity contribution in [3.63, 3.8) is 0 Å². The third-order valence-electron chi connectivity index (χ3n) is 4.26. The third-order valence-corrected chi connectivity index (χ3v) is 4.51. The van der Waals surface area contributed by atoms with Crippen LogP contribution >= 0.6 is 11.6 Å². The van der Waals surface area contributed by atoms with E-state index in [1.54, 1.807) is 0 Å². The lowest BCUT2D eigenvalue weighted by atomic mass is 9.83. The van der Waals surface area contributed by atoms with E-state index < -0.39 is 0 Å². The van der Waals surface area contributed by atoms with E-state index in [4.69, 9.17) is 11.6 Å². The molecule has 108 valence electrons. The Morgan fingerprint density at radius 2 is 1.73 bits per heavy atom. The summed E-state index contributed by atoms with van der Waals surface area (Å²) in [5.41, 5.74) is 3.23. The van der Waals surface area contributed by atoms with Crippen LogP contribution in [0.1, 0.15) is 23.5 Å². The number of hydrogen-bond donors (Lipinski definition) is 1. The van der Waals surface area contributed by atoms with Gasteiger partial charge in [0, 0.05) is 22.7 Å². The van der Waals surface area contributed by atoms with E-state index in [1.165, 1.54) is 5.56 Å². The van der Waals surface area contributed by atoms with Gasteiger partial charge >= 0.3 is 0 Å². The predicted octanol–water partition coefficient (Wildman–Crippen LogP) is 4.97. The Labute approximate surface area is 133 Å². The number of fused-ring (bicyclic) bond motifs is 3. The molecule has 0 saturated carbocycles. The minimum Gasteiger partial charge on any atom is -0.325 e. The molecule has 4 rings (SSSR count). The monoisotopic (exact) mass is 307 g/mol. The number of anilines is 1. The standard InChI is InChI=1S/C19H14ClNO/c20-14-8-5-13(6-9-14)17-11-18(22)21-19-15-4-2-1-3-12(15)7-10-16(17)19/h1-10,17H,11H2,(H,21,22)/t17-/m1/s1. The van der Waals surface area contributed by atoms with E-state index >= 15 is 0 Å². The number of hydrogen-bond acceptors (Lipinski definition) is 1. The van der Waals surface area contributed by atoms with Crippen molar-refractivity contribution in [1.82, 2.24) is 0 Å². The lowest BCUT2D eigenvalue weighted by molar-refractivity contribution is -0.116. The lowest BCUT2D eigenvalue weighted by Gasteiger charge is -2.27. The van der Waals surface area contributed by atoms with Crippen LogP contribution < -0.4 is 5.32 Å². The van der Waals surface area contributed by atoms with Crippen molar-refractivity contribution in [3.8, 4) is 0 Å². The molecule has 1 aliphatic heterocycles. The maximum Gasteiger partial charge on any atom is 0.225 e. The van der Waals surface area contributed by atoms with Crippen molar-refractivity contribution < 1.29 is 4.79 Å². The number of benzene rings is 3. The number of rotatable bonds is 1. The van der Waals surface area contributed by atoms with Gasteiger partial charge in [0.2, 0.25) is 5.91 Å². The molecule has 0 unspecified atom stereocenters. The first-order chi connectivity index (χ1) is 10.7. The van der Waals surface area contributed by atoms with Gasteiger partial charge in [0.1, 0.15) is 0 Å². The van der Waals surface area contributed by atoms with Crippen molar-refractivity contribution in [1.29, 1.82) is 0 Å². The summed E-state index contributed by atoms with van der Waals surface area (Å²) in [6, 6.07) is 20.1. The highest BCUT2D eigenvalue weighted by molar-refractivity contribution is 6.30. The Kier molecular flexibility index (Phi) is 3.12. The Morgan fingerprint density at radius 3 is 2.55 bits per heavy atom. The maximum atomic E-state index is 12.2. The molecule has 1 aliphatic rings. The molecule has 3 aromatic rings. The Bertz CT molecular complexity index is 870. The molecule has 3 aromatic carbocycles. The predicted molar refractivity (Wildman–Crippen MR) is 90.5 cm³/mol. The zero-order valence-electron chi connectivity index (χ0n) is 11.8. The lowest BCUT2D eigenvalue weighted by Crippen LogP contribution is -2.23.